The zero-order valence-electron chi connectivity index (χ0n) is 19.4. The van der Waals surface area contributed by atoms with Gasteiger partial charge in [-0.25, -0.2) is 8.78 Å². The molecule has 0 radical (unpaired) electrons. The van der Waals surface area contributed by atoms with Gasteiger partial charge in [0.25, 0.3) is 0 Å². The van der Waals surface area contributed by atoms with Crippen molar-refractivity contribution in [3.05, 3.63) is 59.7 Å². The molecule has 0 aliphatic carbocycles. The van der Waals surface area contributed by atoms with Gasteiger partial charge in [-0.3, -0.25) is 4.90 Å². The molecule has 2 aliphatic rings. The maximum absolute atomic E-state index is 13.5. The summed E-state index contributed by atoms with van der Waals surface area (Å²) < 4.78 is 32.3. The van der Waals surface area contributed by atoms with Gasteiger partial charge in [-0.1, -0.05) is 71.2 Å². The zero-order chi connectivity index (χ0) is 22.8. The van der Waals surface area contributed by atoms with Crippen LogP contribution < -0.4 is 5.73 Å². The van der Waals surface area contributed by atoms with Crippen LogP contribution in [0.15, 0.2) is 42.5 Å². The standard InChI is InChI=1S/C19H20F2N2O.C5H12.C2H6/c20-15-8-14(9-16(21)10-15)13-3-1-2-12(6-13)7-18-17(22)4-5-23(18)19-11-24-19;1-3-5-4-2;1-2/h1-3,6,8-10,17-19H,4-5,7,11,22H2;3-5H2,1-2H3;1-2H3. The van der Waals surface area contributed by atoms with Crippen molar-refractivity contribution < 1.29 is 13.5 Å². The summed E-state index contributed by atoms with van der Waals surface area (Å²) in [5.74, 6) is -1.13. The Kier molecular flexibility index (Phi) is 10.6. The summed E-state index contributed by atoms with van der Waals surface area (Å²) in [6.45, 7) is 10.2. The average molecular weight is 433 g/mol. The molecule has 2 aliphatic heterocycles. The number of epoxide rings is 1. The molecule has 3 nitrogen and oxygen atoms in total. The lowest BCUT2D eigenvalue weighted by Gasteiger charge is -2.25. The molecular formula is C26H38F2N2O. The molecule has 0 bridgehead atoms. The number of ether oxygens (including phenoxy) is 1. The minimum absolute atomic E-state index is 0.129. The van der Waals surface area contributed by atoms with Gasteiger partial charge in [0.15, 0.2) is 0 Å². The Morgan fingerprint density at radius 2 is 1.65 bits per heavy atom. The molecule has 0 amide bonds. The molecule has 172 valence electrons. The third-order valence-electron chi connectivity index (χ3n) is 5.60. The Morgan fingerprint density at radius 1 is 1.00 bits per heavy atom. The second-order valence-corrected chi connectivity index (χ2v) is 7.96. The van der Waals surface area contributed by atoms with E-state index in [1.807, 2.05) is 38.1 Å². The van der Waals surface area contributed by atoms with Crippen LogP contribution in [0.2, 0.25) is 0 Å². The number of nitrogens with zero attached hydrogens (tertiary/aromatic N) is 1. The van der Waals surface area contributed by atoms with E-state index in [2.05, 4.69) is 18.7 Å². The molecule has 0 aromatic heterocycles. The van der Waals surface area contributed by atoms with Crippen LogP contribution in [0.1, 0.15) is 58.9 Å². The highest BCUT2D eigenvalue weighted by atomic mass is 19.1. The summed E-state index contributed by atoms with van der Waals surface area (Å²) in [5.41, 5.74) is 8.75. The number of unbranched alkanes of at least 4 members (excludes halogenated alkanes) is 2. The maximum Gasteiger partial charge on any atom is 0.134 e. The summed E-state index contributed by atoms with van der Waals surface area (Å²) in [4.78, 5) is 2.33. The minimum atomic E-state index is -0.565. The lowest BCUT2D eigenvalue weighted by molar-refractivity contribution is 0.156. The molecule has 2 saturated heterocycles. The molecule has 2 heterocycles. The number of hydrogen-bond donors (Lipinski definition) is 1. The second kappa shape index (κ2) is 12.9. The first kappa shape index (κ1) is 25.4. The van der Waals surface area contributed by atoms with E-state index in [0.717, 1.165) is 43.2 Å². The monoisotopic (exact) mass is 432 g/mol. The zero-order valence-corrected chi connectivity index (χ0v) is 19.4. The van der Waals surface area contributed by atoms with E-state index < -0.39 is 11.6 Å². The number of hydrogen-bond acceptors (Lipinski definition) is 3. The topological polar surface area (TPSA) is 41.8 Å². The SMILES string of the molecule is CC.CCCCC.NC1CCN(C2CO2)C1Cc1cccc(-c2cc(F)cc(F)c2)c1. The van der Waals surface area contributed by atoms with Crippen LogP contribution in [0.4, 0.5) is 8.78 Å². The predicted molar refractivity (Wildman–Crippen MR) is 125 cm³/mol. The number of likely N-dealkylation sites (tertiary alicyclic amines) is 1. The Balaban J connectivity index is 0.000000432. The van der Waals surface area contributed by atoms with Crippen molar-refractivity contribution in [1.82, 2.24) is 4.90 Å². The third kappa shape index (κ3) is 7.67. The fourth-order valence-corrected chi connectivity index (χ4v) is 3.96. The van der Waals surface area contributed by atoms with E-state index in [1.54, 1.807) is 0 Å². The van der Waals surface area contributed by atoms with Crippen LogP contribution >= 0.6 is 0 Å². The normalized spacial score (nSPS) is 22.2. The number of halogens is 2. The maximum atomic E-state index is 13.5. The number of benzene rings is 2. The molecular weight excluding hydrogens is 394 g/mol. The van der Waals surface area contributed by atoms with Crippen LogP contribution in [0.25, 0.3) is 11.1 Å². The van der Waals surface area contributed by atoms with Crippen molar-refractivity contribution in [3.63, 3.8) is 0 Å². The molecule has 3 atom stereocenters. The van der Waals surface area contributed by atoms with E-state index in [4.69, 9.17) is 10.5 Å². The van der Waals surface area contributed by atoms with Crippen LogP contribution in [0.5, 0.6) is 0 Å². The first-order chi connectivity index (χ1) is 15.0. The molecule has 2 aromatic rings. The van der Waals surface area contributed by atoms with Gasteiger partial charge in [0.05, 0.1) is 6.61 Å². The number of rotatable bonds is 6. The van der Waals surface area contributed by atoms with E-state index in [9.17, 15) is 8.78 Å². The van der Waals surface area contributed by atoms with Crippen LogP contribution in [0.3, 0.4) is 0 Å². The third-order valence-corrected chi connectivity index (χ3v) is 5.60. The lowest BCUT2D eigenvalue weighted by Crippen LogP contribution is -2.42. The van der Waals surface area contributed by atoms with Gasteiger partial charge >= 0.3 is 0 Å². The lowest BCUT2D eigenvalue weighted by atomic mass is 9.97. The summed E-state index contributed by atoms with van der Waals surface area (Å²) in [5, 5.41) is 0. The van der Waals surface area contributed by atoms with E-state index in [0.29, 0.717) is 5.56 Å². The smallest absolute Gasteiger partial charge is 0.134 e. The molecule has 4 rings (SSSR count). The molecule has 2 aromatic carbocycles. The van der Waals surface area contributed by atoms with Gasteiger partial charge in [-0.2, -0.15) is 0 Å². The fraction of sp³-hybridized carbons (Fsp3) is 0.538. The van der Waals surface area contributed by atoms with Crippen molar-refractivity contribution in [2.24, 2.45) is 5.73 Å². The fourth-order valence-electron chi connectivity index (χ4n) is 3.96. The van der Waals surface area contributed by atoms with E-state index >= 15 is 0 Å². The van der Waals surface area contributed by atoms with Crippen molar-refractivity contribution in [2.45, 2.75) is 78.1 Å². The molecule has 0 saturated carbocycles. The molecule has 3 unspecified atom stereocenters. The highest BCUT2D eigenvalue weighted by molar-refractivity contribution is 5.64. The molecule has 2 fully saturated rings. The highest BCUT2D eigenvalue weighted by Gasteiger charge is 2.41. The van der Waals surface area contributed by atoms with Crippen molar-refractivity contribution in [2.75, 3.05) is 13.2 Å². The quantitative estimate of drug-likeness (QED) is 0.556. The minimum Gasteiger partial charge on any atom is -0.357 e. The van der Waals surface area contributed by atoms with E-state index in [1.165, 1.54) is 31.4 Å². The first-order valence-electron chi connectivity index (χ1n) is 11.7. The van der Waals surface area contributed by atoms with Gasteiger partial charge in [0.1, 0.15) is 17.9 Å². The van der Waals surface area contributed by atoms with Crippen LogP contribution in [-0.4, -0.2) is 36.4 Å². The second-order valence-electron chi connectivity index (χ2n) is 7.96. The van der Waals surface area contributed by atoms with Crippen LogP contribution in [0, 0.1) is 11.6 Å². The van der Waals surface area contributed by atoms with Crippen molar-refractivity contribution in [3.8, 4) is 11.1 Å². The van der Waals surface area contributed by atoms with Gasteiger partial charge in [-0.15, -0.1) is 0 Å². The number of nitrogens with two attached hydrogens (primary N) is 1. The summed E-state index contributed by atoms with van der Waals surface area (Å²) in [6, 6.07) is 11.8. The molecule has 5 heteroatoms. The largest absolute Gasteiger partial charge is 0.357 e. The predicted octanol–water partition coefficient (Wildman–Crippen LogP) is 6.15. The summed E-state index contributed by atoms with van der Waals surface area (Å²) in [6.07, 6.45) is 6.07. The van der Waals surface area contributed by atoms with Gasteiger partial charge in [-0.05, 0) is 41.7 Å². The Morgan fingerprint density at radius 3 is 2.19 bits per heavy atom. The molecule has 2 N–H and O–H groups in total. The average Bonchev–Trinajstić information content (AvgIpc) is 3.54. The Hall–Kier alpha value is -1.82. The van der Waals surface area contributed by atoms with Gasteiger partial charge < -0.3 is 10.5 Å². The Labute approximate surface area is 186 Å². The van der Waals surface area contributed by atoms with E-state index in [-0.39, 0.29) is 18.3 Å². The Bertz CT molecular complexity index is 772. The molecule has 31 heavy (non-hydrogen) atoms. The van der Waals surface area contributed by atoms with Crippen molar-refractivity contribution >= 4 is 0 Å². The van der Waals surface area contributed by atoms with Gasteiger partial charge in [0.2, 0.25) is 0 Å². The van der Waals surface area contributed by atoms with Gasteiger partial charge in [0, 0.05) is 24.7 Å². The highest BCUT2D eigenvalue weighted by Crippen LogP contribution is 2.29. The van der Waals surface area contributed by atoms with Crippen LogP contribution in [-0.2, 0) is 11.2 Å². The summed E-state index contributed by atoms with van der Waals surface area (Å²) in [7, 11) is 0. The summed E-state index contributed by atoms with van der Waals surface area (Å²) >= 11 is 0. The first-order valence-corrected chi connectivity index (χ1v) is 11.7. The van der Waals surface area contributed by atoms with Crippen molar-refractivity contribution in [1.29, 1.82) is 0 Å². The molecule has 0 spiro atoms.